The fraction of sp³-hybridized carbons (Fsp3) is 1.00. The molecule has 0 radical (unpaired) electrons. The molecule has 7 heteroatoms. The van der Waals surface area contributed by atoms with Gasteiger partial charge in [0, 0.05) is 0 Å². The van der Waals surface area contributed by atoms with Gasteiger partial charge in [-0.25, -0.2) is 0 Å². The first-order valence-corrected chi connectivity index (χ1v) is 22.3. The maximum absolute atomic E-state index is 2.79. The van der Waals surface area contributed by atoms with Crippen molar-refractivity contribution >= 4 is 41.9 Å². The van der Waals surface area contributed by atoms with Crippen LogP contribution < -0.4 is 0 Å². The van der Waals surface area contributed by atoms with Crippen LogP contribution in [0.5, 0.6) is 0 Å². The molecular weight excluding hydrogens is 317 g/mol. The molecule has 116 valence electrons. The maximum atomic E-state index is 2.79. The molecule has 0 atom stereocenters. The van der Waals surface area contributed by atoms with Crippen LogP contribution in [-0.2, 0) is 0 Å². The topological polar surface area (TPSA) is 6.48 Å². The smallest absolute Gasteiger partial charge is 0.173 e. The fourth-order valence-corrected chi connectivity index (χ4v) is 42.1. The Bertz CT molecular complexity index is 278. The Morgan fingerprint density at radius 1 is 0.526 bits per heavy atom. The van der Waals surface area contributed by atoms with Crippen LogP contribution >= 0.6 is 10.7 Å². The first-order chi connectivity index (χ1) is 8.02. The van der Waals surface area contributed by atoms with Gasteiger partial charge >= 0.3 is 0 Å². The summed E-state index contributed by atoms with van der Waals surface area (Å²) in [4.78, 5) is 0. The van der Waals surface area contributed by atoms with Gasteiger partial charge in [0.2, 0.25) is 0 Å². The van der Waals surface area contributed by atoms with Crippen LogP contribution in [0.3, 0.4) is 0 Å². The summed E-state index contributed by atoms with van der Waals surface area (Å²) in [6.07, 6.45) is 0. The lowest BCUT2D eigenvalue weighted by atomic mass is 11.6. The average molecular weight is 353 g/mol. The van der Waals surface area contributed by atoms with Crippen LogP contribution in [0.2, 0.25) is 65.5 Å². The Morgan fingerprint density at radius 3 is 0.895 bits per heavy atom. The van der Waals surface area contributed by atoms with Crippen LogP contribution in [0.15, 0.2) is 0 Å². The largest absolute Gasteiger partial charge is 0.341 e. The highest BCUT2D eigenvalue weighted by Gasteiger charge is 2.44. The summed E-state index contributed by atoms with van der Waals surface area (Å²) in [5.41, 5.74) is 0. The predicted octanol–water partition coefficient (Wildman–Crippen LogP) is 4.66. The van der Waals surface area contributed by atoms with Crippen LogP contribution in [0.4, 0.5) is 0 Å². The van der Waals surface area contributed by atoms with E-state index < -0.39 is 31.2 Å². The van der Waals surface area contributed by atoms with Crippen molar-refractivity contribution in [3.8, 4) is 0 Å². The molecule has 0 amide bonds. The van der Waals surface area contributed by atoms with E-state index in [-0.39, 0.29) is 0 Å². The highest BCUT2D eigenvalue weighted by atomic mass is 32.5. The molecule has 0 aromatic rings. The Morgan fingerprint density at radius 2 is 0.737 bits per heavy atom. The minimum absolute atomic E-state index is 1.19. The minimum Gasteiger partial charge on any atom is -0.341 e. The molecule has 0 saturated carbocycles. The molecular formula is C12H36N2SSi4. The van der Waals surface area contributed by atoms with Gasteiger partial charge in [-0.2, -0.15) is 10.7 Å². The third kappa shape index (κ3) is 5.80. The van der Waals surface area contributed by atoms with Gasteiger partial charge in [0.25, 0.3) is 0 Å². The van der Waals surface area contributed by atoms with Crippen molar-refractivity contribution in [1.82, 2.24) is 8.46 Å². The standard InChI is InChI=1S/C12H36N2SSi4/c1-13(16(3,4)5)18(9,10)15-19(11,12)14(2)17(6,7)8/h1-12H3. The van der Waals surface area contributed by atoms with Gasteiger partial charge < -0.3 is 8.46 Å². The zero-order valence-electron chi connectivity index (χ0n) is 15.3. The molecule has 0 aromatic heterocycles. The van der Waals surface area contributed by atoms with Crippen molar-refractivity contribution in [2.24, 2.45) is 0 Å². The van der Waals surface area contributed by atoms with Gasteiger partial charge in [-0.1, -0.05) is 39.3 Å². The lowest BCUT2D eigenvalue weighted by Gasteiger charge is -2.49. The SMILES string of the molecule is CN([Si](C)(C)C)[Si](C)(C)S[Si](C)(C)N(C)[Si](C)(C)C. The Balaban J connectivity index is 5.11. The number of hydrogen-bond acceptors (Lipinski definition) is 3. The summed E-state index contributed by atoms with van der Waals surface area (Å²) in [7, 11) is 2.03. The number of nitrogens with zero attached hydrogens (tertiary/aromatic N) is 2. The van der Waals surface area contributed by atoms with Crippen molar-refractivity contribution in [2.75, 3.05) is 14.1 Å². The zero-order chi connectivity index (χ0) is 15.9. The third-order valence-electron chi connectivity index (χ3n) is 4.13. The summed E-state index contributed by atoms with van der Waals surface area (Å²) in [6.45, 7) is 25.0. The molecule has 0 aliphatic rings. The van der Waals surface area contributed by atoms with Crippen LogP contribution in [0.25, 0.3) is 0 Å². The summed E-state index contributed by atoms with van der Waals surface area (Å²) in [5, 5.41) is 0. The summed E-state index contributed by atoms with van der Waals surface area (Å²) < 4.78 is 5.58. The van der Waals surface area contributed by atoms with Gasteiger partial charge in [0.15, 0.2) is 14.8 Å². The van der Waals surface area contributed by atoms with Gasteiger partial charge in [-0.3, -0.25) is 0 Å². The number of hydrogen-bond donors (Lipinski definition) is 0. The molecule has 0 N–H and O–H groups in total. The van der Waals surface area contributed by atoms with E-state index in [0.29, 0.717) is 0 Å². The molecule has 0 bridgehead atoms. The van der Waals surface area contributed by atoms with Crippen molar-refractivity contribution in [3.05, 3.63) is 0 Å². The van der Waals surface area contributed by atoms with Crippen LogP contribution in [0.1, 0.15) is 0 Å². The summed E-state index contributed by atoms with van der Waals surface area (Å²) >= 11 is 0. The fourth-order valence-electron chi connectivity index (χ4n) is 2.36. The number of rotatable bonds is 6. The Hall–Kier alpha value is 1.14. The lowest BCUT2D eigenvalue weighted by Crippen LogP contribution is -2.63. The van der Waals surface area contributed by atoms with Crippen LogP contribution in [-0.4, -0.2) is 53.8 Å². The van der Waals surface area contributed by atoms with E-state index in [0.717, 1.165) is 0 Å². The summed E-state index contributed by atoms with van der Waals surface area (Å²) in [5.74, 6) is 0. The van der Waals surface area contributed by atoms with Gasteiger partial charge in [-0.05, 0) is 40.3 Å². The molecule has 0 fully saturated rings. The second kappa shape index (κ2) is 6.10. The molecule has 0 heterocycles. The molecule has 0 aromatic carbocycles. The predicted molar refractivity (Wildman–Crippen MR) is 105 cm³/mol. The molecule has 19 heavy (non-hydrogen) atoms. The molecule has 0 spiro atoms. The molecule has 0 unspecified atom stereocenters. The van der Waals surface area contributed by atoms with E-state index in [1.165, 1.54) is 0 Å². The Labute approximate surface area is 130 Å². The second-order valence-electron chi connectivity index (χ2n) is 8.46. The molecule has 0 saturated heterocycles. The van der Waals surface area contributed by atoms with Gasteiger partial charge in [-0.15, -0.1) is 0 Å². The average Bonchev–Trinajstić information content (AvgIpc) is 2.10. The van der Waals surface area contributed by atoms with E-state index in [9.17, 15) is 0 Å². The van der Waals surface area contributed by atoms with Gasteiger partial charge in [0.1, 0.15) is 16.5 Å². The van der Waals surface area contributed by atoms with Crippen molar-refractivity contribution in [3.63, 3.8) is 0 Å². The van der Waals surface area contributed by atoms with Crippen molar-refractivity contribution in [2.45, 2.75) is 65.5 Å². The zero-order valence-corrected chi connectivity index (χ0v) is 20.1. The minimum atomic E-state index is -1.37. The van der Waals surface area contributed by atoms with E-state index in [1.807, 2.05) is 0 Å². The summed E-state index contributed by atoms with van der Waals surface area (Å²) in [6, 6.07) is 0. The maximum Gasteiger partial charge on any atom is 0.173 e. The van der Waals surface area contributed by atoms with Crippen LogP contribution in [0, 0.1) is 0 Å². The van der Waals surface area contributed by atoms with Crippen molar-refractivity contribution < 1.29 is 0 Å². The van der Waals surface area contributed by atoms with E-state index in [4.69, 9.17) is 0 Å². The van der Waals surface area contributed by atoms with Crippen molar-refractivity contribution in [1.29, 1.82) is 0 Å². The second-order valence-corrected chi connectivity index (χ2v) is 35.2. The highest BCUT2D eigenvalue weighted by Crippen LogP contribution is 2.37. The first kappa shape index (κ1) is 20.1. The third-order valence-corrected chi connectivity index (χ3v) is 34.4. The molecule has 0 rings (SSSR count). The molecule has 0 aliphatic heterocycles. The highest BCUT2D eigenvalue weighted by molar-refractivity contribution is 8.49. The first-order valence-electron chi connectivity index (χ1n) is 7.20. The molecule has 0 aliphatic carbocycles. The monoisotopic (exact) mass is 352 g/mol. The van der Waals surface area contributed by atoms with E-state index >= 15 is 0 Å². The van der Waals surface area contributed by atoms with E-state index in [2.05, 4.69) is 98.7 Å². The Kier molecular flexibility index (Phi) is 6.46. The quantitative estimate of drug-likeness (QED) is 0.642. The van der Waals surface area contributed by atoms with Gasteiger partial charge in [0.05, 0.1) is 0 Å². The lowest BCUT2D eigenvalue weighted by molar-refractivity contribution is 0.771. The normalized spacial score (nSPS) is 15.5. The van der Waals surface area contributed by atoms with E-state index in [1.54, 1.807) is 0 Å². The molecule has 2 nitrogen and oxygen atoms in total.